The molecule has 0 radical (unpaired) electrons. The molecule has 0 aromatic heterocycles. The highest BCUT2D eigenvalue weighted by atomic mass is 35.5. The lowest BCUT2D eigenvalue weighted by molar-refractivity contribution is -0.122. The van der Waals surface area contributed by atoms with Crippen LogP contribution in [-0.4, -0.2) is 12.0 Å². The molecule has 4 nitrogen and oxygen atoms in total. The highest BCUT2D eigenvalue weighted by Gasteiger charge is 2.15. The van der Waals surface area contributed by atoms with Gasteiger partial charge in [0.1, 0.15) is 17.2 Å². The number of ether oxygens (including phenoxy) is 2. The van der Waals surface area contributed by atoms with Gasteiger partial charge in [0.2, 0.25) is 0 Å². The molecule has 1 atom stereocenters. The summed E-state index contributed by atoms with van der Waals surface area (Å²) >= 11 is 5.84. The van der Waals surface area contributed by atoms with Gasteiger partial charge >= 0.3 is 0 Å². The maximum Gasteiger partial charge on any atom is 0.265 e. The van der Waals surface area contributed by atoms with Crippen molar-refractivity contribution in [1.82, 2.24) is 0 Å². The zero-order chi connectivity index (χ0) is 18.4. The van der Waals surface area contributed by atoms with Crippen LogP contribution in [0.3, 0.4) is 0 Å². The van der Waals surface area contributed by atoms with Gasteiger partial charge in [-0.15, -0.1) is 0 Å². The van der Waals surface area contributed by atoms with E-state index in [2.05, 4.69) is 5.32 Å². The molecule has 3 aromatic carbocycles. The third-order valence-corrected chi connectivity index (χ3v) is 3.85. The van der Waals surface area contributed by atoms with E-state index in [1.165, 1.54) is 0 Å². The highest BCUT2D eigenvalue weighted by molar-refractivity contribution is 6.30. The fourth-order valence-corrected chi connectivity index (χ4v) is 2.37. The summed E-state index contributed by atoms with van der Waals surface area (Å²) in [4.78, 5) is 12.3. The van der Waals surface area contributed by atoms with E-state index in [1.54, 1.807) is 55.5 Å². The minimum Gasteiger partial charge on any atom is -0.481 e. The summed E-state index contributed by atoms with van der Waals surface area (Å²) in [5, 5.41) is 3.44. The normalized spacial score (nSPS) is 11.5. The number of hydrogen-bond donors (Lipinski definition) is 1. The van der Waals surface area contributed by atoms with Gasteiger partial charge in [0, 0.05) is 10.7 Å². The highest BCUT2D eigenvalue weighted by Crippen LogP contribution is 2.23. The largest absolute Gasteiger partial charge is 0.481 e. The summed E-state index contributed by atoms with van der Waals surface area (Å²) in [6, 6.07) is 23.5. The van der Waals surface area contributed by atoms with Crippen LogP contribution in [0.15, 0.2) is 78.9 Å². The number of anilines is 1. The first-order valence-corrected chi connectivity index (χ1v) is 8.54. The van der Waals surface area contributed by atoms with Crippen LogP contribution in [0.4, 0.5) is 5.69 Å². The van der Waals surface area contributed by atoms with E-state index < -0.39 is 6.10 Å². The van der Waals surface area contributed by atoms with Crippen molar-refractivity contribution in [3.8, 4) is 17.2 Å². The average Bonchev–Trinajstić information content (AvgIpc) is 2.66. The molecule has 132 valence electrons. The molecule has 3 rings (SSSR count). The van der Waals surface area contributed by atoms with Crippen LogP contribution in [0.2, 0.25) is 5.02 Å². The van der Waals surface area contributed by atoms with Crippen LogP contribution in [0.25, 0.3) is 0 Å². The number of carbonyl (C=O) groups is 1. The number of para-hydroxylation sites is 1. The van der Waals surface area contributed by atoms with Crippen LogP contribution in [-0.2, 0) is 4.79 Å². The predicted octanol–water partition coefficient (Wildman–Crippen LogP) is 5.54. The Morgan fingerprint density at radius 3 is 2.08 bits per heavy atom. The lowest BCUT2D eigenvalue weighted by Gasteiger charge is -2.15. The number of benzene rings is 3. The van der Waals surface area contributed by atoms with Gasteiger partial charge in [-0.05, 0) is 67.6 Å². The quantitative estimate of drug-likeness (QED) is 0.622. The Bertz CT molecular complexity index is 849. The Hall–Kier alpha value is -2.98. The van der Waals surface area contributed by atoms with Crippen molar-refractivity contribution < 1.29 is 14.3 Å². The minimum atomic E-state index is -0.642. The molecule has 0 heterocycles. The van der Waals surface area contributed by atoms with Gasteiger partial charge in [-0.2, -0.15) is 0 Å². The molecule has 1 N–H and O–H groups in total. The summed E-state index contributed by atoms with van der Waals surface area (Å²) in [6.45, 7) is 1.69. The minimum absolute atomic E-state index is 0.239. The molecule has 26 heavy (non-hydrogen) atoms. The van der Waals surface area contributed by atoms with E-state index in [1.807, 2.05) is 30.3 Å². The Balaban J connectivity index is 1.56. The van der Waals surface area contributed by atoms with Gasteiger partial charge in [0.05, 0.1) is 0 Å². The van der Waals surface area contributed by atoms with Crippen molar-refractivity contribution in [2.24, 2.45) is 0 Å². The molecule has 0 aliphatic carbocycles. The molecule has 0 fully saturated rings. The lowest BCUT2D eigenvalue weighted by atomic mass is 10.2. The monoisotopic (exact) mass is 367 g/mol. The standard InChI is InChI=1S/C21H18ClNO3/c1-15(25-19-11-7-16(22)8-12-19)21(24)23-17-9-13-20(14-10-17)26-18-5-3-2-4-6-18/h2-15H,1H3,(H,23,24)/t15-/m1/s1. The van der Waals surface area contributed by atoms with E-state index in [-0.39, 0.29) is 5.91 Å². The van der Waals surface area contributed by atoms with Crippen molar-refractivity contribution in [1.29, 1.82) is 0 Å². The number of nitrogens with one attached hydrogen (secondary N) is 1. The van der Waals surface area contributed by atoms with Crippen molar-refractivity contribution in [2.45, 2.75) is 13.0 Å². The summed E-state index contributed by atoms with van der Waals surface area (Å²) in [5.41, 5.74) is 0.668. The predicted molar refractivity (Wildman–Crippen MR) is 103 cm³/mol. The zero-order valence-corrected chi connectivity index (χ0v) is 14.9. The Morgan fingerprint density at radius 1 is 0.846 bits per heavy atom. The Kier molecular flexibility index (Phi) is 5.77. The van der Waals surface area contributed by atoms with Crippen LogP contribution in [0, 0.1) is 0 Å². The van der Waals surface area contributed by atoms with Crippen LogP contribution in [0.5, 0.6) is 17.2 Å². The lowest BCUT2D eigenvalue weighted by Crippen LogP contribution is -2.30. The Morgan fingerprint density at radius 2 is 1.42 bits per heavy atom. The van der Waals surface area contributed by atoms with Crippen molar-refractivity contribution in [3.63, 3.8) is 0 Å². The molecular formula is C21H18ClNO3. The molecule has 0 saturated heterocycles. The molecule has 0 aliphatic rings. The fourth-order valence-electron chi connectivity index (χ4n) is 2.25. The maximum absolute atomic E-state index is 12.3. The SMILES string of the molecule is C[C@@H](Oc1ccc(Cl)cc1)C(=O)Nc1ccc(Oc2ccccc2)cc1. The van der Waals surface area contributed by atoms with Crippen LogP contribution in [0.1, 0.15) is 6.92 Å². The Labute approximate surface area is 157 Å². The molecule has 0 saturated carbocycles. The second-order valence-corrected chi connectivity index (χ2v) is 6.08. The van der Waals surface area contributed by atoms with E-state index in [0.29, 0.717) is 22.2 Å². The molecule has 5 heteroatoms. The smallest absolute Gasteiger partial charge is 0.265 e. The van der Waals surface area contributed by atoms with Gasteiger partial charge in [-0.3, -0.25) is 4.79 Å². The van der Waals surface area contributed by atoms with Gasteiger partial charge in [0.15, 0.2) is 6.10 Å². The first-order valence-electron chi connectivity index (χ1n) is 8.16. The molecular weight excluding hydrogens is 350 g/mol. The van der Waals surface area contributed by atoms with Crippen LogP contribution >= 0.6 is 11.6 Å². The number of halogens is 1. The van der Waals surface area contributed by atoms with Gasteiger partial charge < -0.3 is 14.8 Å². The number of hydrogen-bond acceptors (Lipinski definition) is 3. The van der Waals surface area contributed by atoms with E-state index in [9.17, 15) is 4.79 Å². The fraction of sp³-hybridized carbons (Fsp3) is 0.0952. The third kappa shape index (κ3) is 5.01. The third-order valence-electron chi connectivity index (χ3n) is 3.60. The molecule has 0 unspecified atom stereocenters. The second kappa shape index (κ2) is 8.41. The first-order chi connectivity index (χ1) is 12.6. The number of amides is 1. The van der Waals surface area contributed by atoms with E-state index >= 15 is 0 Å². The van der Waals surface area contributed by atoms with Crippen molar-refractivity contribution in [2.75, 3.05) is 5.32 Å². The maximum atomic E-state index is 12.3. The summed E-state index contributed by atoms with van der Waals surface area (Å²) in [5.74, 6) is 1.80. The molecule has 0 aliphatic heterocycles. The molecule has 0 bridgehead atoms. The van der Waals surface area contributed by atoms with Crippen LogP contribution < -0.4 is 14.8 Å². The topological polar surface area (TPSA) is 47.6 Å². The van der Waals surface area contributed by atoms with Gasteiger partial charge in [0.25, 0.3) is 5.91 Å². The van der Waals surface area contributed by atoms with E-state index in [0.717, 1.165) is 5.75 Å². The molecule has 3 aromatic rings. The van der Waals surface area contributed by atoms with Crippen molar-refractivity contribution >= 4 is 23.2 Å². The first kappa shape index (κ1) is 17.8. The molecule has 0 spiro atoms. The molecule has 1 amide bonds. The number of carbonyl (C=O) groups excluding carboxylic acids is 1. The van der Waals surface area contributed by atoms with E-state index in [4.69, 9.17) is 21.1 Å². The van der Waals surface area contributed by atoms with Gasteiger partial charge in [-0.25, -0.2) is 0 Å². The van der Waals surface area contributed by atoms with Gasteiger partial charge in [-0.1, -0.05) is 29.8 Å². The summed E-state index contributed by atoms with van der Waals surface area (Å²) in [7, 11) is 0. The summed E-state index contributed by atoms with van der Waals surface area (Å²) < 4.78 is 11.3. The summed E-state index contributed by atoms with van der Waals surface area (Å²) in [6.07, 6.45) is -0.642. The number of rotatable bonds is 6. The zero-order valence-electron chi connectivity index (χ0n) is 14.2. The van der Waals surface area contributed by atoms with Crippen molar-refractivity contribution in [3.05, 3.63) is 83.9 Å². The average molecular weight is 368 g/mol. The second-order valence-electron chi connectivity index (χ2n) is 5.64.